The fraction of sp³-hybridized carbons (Fsp3) is 0.125. The van der Waals surface area contributed by atoms with Crippen LogP contribution in [0.15, 0.2) is 23.2 Å². The second-order valence-corrected chi connectivity index (χ2v) is 2.60. The summed E-state index contributed by atoms with van der Waals surface area (Å²) in [5.74, 6) is 0. The summed E-state index contributed by atoms with van der Waals surface area (Å²) < 4.78 is 0. The Hall–Kier alpha value is -1.15. The highest BCUT2D eigenvalue weighted by molar-refractivity contribution is 6.33. The zero-order chi connectivity index (χ0) is 8.97. The van der Waals surface area contributed by atoms with E-state index in [-0.39, 0.29) is 0 Å². The molecule has 0 saturated carbocycles. The summed E-state index contributed by atoms with van der Waals surface area (Å²) in [4.78, 5) is 13.3. The van der Waals surface area contributed by atoms with Crippen molar-refractivity contribution >= 4 is 23.4 Å². The maximum Gasteiger partial charge on any atom is 0.240 e. The molecule has 0 aliphatic heterocycles. The number of isocyanates is 1. The van der Waals surface area contributed by atoms with E-state index in [1.165, 1.54) is 6.08 Å². The normalized spacial score (nSPS) is 9.17. The summed E-state index contributed by atoms with van der Waals surface area (Å²) in [5.41, 5.74) is 6.70. The van der Waals surface area contributed by atoms with E-state index < -0.39 is 0 Å². The number of hydrogen-bond donors (Lipinski definition) is 1. The Balaban J connectivity index is 3.11. The van der Waals surface area contributed by atoms with Gasteiger partial charge in [0, 0.05) is 6.54 Å². The van der Waals surface area contributed by atoms with Crippen molar-refractivity contribution in [1.82, 2.24) is 0 Å². The van der Waals surface area contributed by atoms with E-state index in [9.17, 15) is 4.79 Å². The molecule has 4 heteroatoms. The second kappa shape index (κ2) is 4.02. The molecule has 0 spiro atoms. The van der Waals surface area contributed by atoms with Gasteiger partial charge in [-0.1, -0.05) is 17.7 Å². The Morgan fingerprint density at radius 1 is 1.58 bits per heavy atom. The summed E-state index contributed by atoms with van der Waals surface area (Å²) in [6.45, 7) is 0.421. The highest BCUT2D eigenvalue weighted by atomic mass is 35.5. The molecular weight excluding hydrogens is 176 g/mol. The molecule has 1 aromatic rings. The van der Waals surface area contributed by atoms with Crippen molar-refractivity contribution in [2.45, 2.75) is 6.54 Å². The van der Waals surface area contributed by atoms with Crippen LogP contribution in [0.5, 0.6) is 0 Å². The minimum atomic E-state index is 0.418. The van der Waals surface area contributed by atoms with Crippen LogP contribution in [0.2, 0.25) is 5.02 Å². The Bertz CT molecular complexity index is 332. The van der Waals surface area contributed by atoms with Gasteiger partial charge in [-0.15, -0.1) is 0 Å². The van der Waals surface area contributed by atoms with Crippen molar-refractivity contribution in [2.24, 2.45) is 10.7 Å². The van der Waals surface area contributed by atoms with E-state index in [1.54, 1.807) is 18.2 Å². The summed E-state index contributed by atoms with van der Waals surface area (Å²) in [5, 5.41) is 0.418. The van der Waals surface area contributed by atoms with Gasteiger partial charge in [0.1, 0.15) is 0 Å². The first kappa shape index (κ1) is 8.94. The van der Waals surface area contributed by atoms with Crippen LogP contribution in [0.25, 0.3) is 0 Å². The smallest absolute Gasteiger partial charge is 0.240 e. The summed E-state index contributed by atoms with van der Waals surface area (Å²) in [6, 6.07) is 5.08. The van der Waals surface area contributed by atoms with Crippen molar-refractivity contribution < 1.29 is 4.79 Å². The first-order valence-corrected chi connectivity index (χ1v) is 3.72. The van der Waals surface area contributed by atoms with Crippen LogP contribution in [-0.2, 0) is 11.3 Å². The zero-order valence-corrected chi connectivity index (χ0v) is 7.01. The van der Waals surface area contributed by atoms with Gasteiger partial charge in [0.15, 0.2) is 0 Å². The molecule has 3 nitrogen and oxygen atoms in total. The molecule has 0 unspecified atom stereocenters. The van der Waals surface area contributed by atoms with Gasteiger partial charge in [0.2, 0.25) is 6.08 Å². The third-order valence-corrected chi connectivity index (χ3v) is 1.72. The lowest BCUT2D eigenvalue weighted by atomic mass is 10.2. The molecule has 0 amide bonds. The molecule has 0 aromatic heterocycles. The lowest BCUT2D eigenvalue weighted by molar-refractivity contribution is 0.565. The fourth-order valence-corrected chi connectivity index (χ4v) is 1.06. The van der Waals surface area contributed by atoms with Crippen LogP contribution in [0.3, 0.4) is 0 Å². The molecule has 0 heterocycles. The molecular formula is C8H7ClN2O. The first-order chi connectivity index (χ1) is 5.77. The van der Waals surface area contributed by atoms with Crippen LogP contribution in [0.1, 0.15) is 5.56 Å². The van der Waals surface area contributed by atoms with Gasteiger partial charge in [-0.3, -0.25) is 0 Å². The van der Waals surface area contributed by atoms with Crippen LogP contribution in [0.4, 0.5) is 5.69 Å². The van der Waals surface area contributed by atoms with Gasteiger partial charge in [-0.25, -0.2) is 4.79 Å². The number of nitrogens with two attached hydrogens (primary N) is 1. The van der Waals surface area contributed by atoms with E-state index in [0.717, 1.165) is 5.56 Å². The maximum atomic E-state index is 9.91. The van der Waals surface area contributed by atoms with Gasteiger partial charge in [0.25, 0.3) is 0 Å². The monoisotopic (exact) mass is 182 g/mol. The lowest BCUT2D eigenvalue weighted by Gasteiger charge is -1.98. The number of hydrogen-bond acceptors (Lipinski definition) is 3. The van der Waals surface area contributed by atoms with E-state index in [2.05, 4.69) is 4.99 Å². The minimum absolute atomic E-state index is 0.418. The third-order valence-electron chi connectivity index (χ3n) is 1.41. The van der Waals surface area contributed by atoms with Crippen LogP contribution >= 0.6 is 11.6 Å². The van der Waals surface area contributed by atoms with Gasteiger partial charge in [-0.05, 0) is 17.7 Å². The van der Waals surface area contributed by atoms with E-state index >= 15 is 0 Å². The summed E-state index contributed by atoms with van der Waals surface area (Å²) in [7, 11) is 0. The van der Waals surface area contributed by atoms with Gasteiger partial charge >= 0.3 is 0 Å². The molecule has 12 heavy (non-hydrogen) atoms. The van der Waals surface area contributed by atoms with Crippen molar-refractivity contribution in [3.05, 3.63) is 28.8 Å². The topological polar surface area (TPSA) is 55.4 Å². The average molecular weight is 183 g/mol. The first-order valence-electron chi connectivity index (χ1n) is 3.34. The Labute approximate surface area is 74.9 Å². The number of nitrogens with zero attached hydrogens (tertiary/aromatic N) is 1. The lowest BCUT2D eigenvalue weighted by Crippen LogP contribution is -1.95. The molecule has 2 N–H and O–H groups in total. The van der Waals surface area contributed by atoms with Gasteiger partial charge < -0.3 is 5.73 Å². The molecule has 0 radical (unpaired) electrons. The molecule has 0 fully saturated rings. The predicted molar refractivity (Wildman–Crippen MR) is 47.1 cm³/mol. The predicted octanol–water partition coefficient (Wildman–Crippen LogP) is 1.77. The standard InChI is InChI=1S/C8H7ClN2O/c9-7-3-6(4-10)1-2-8(7)11-5-12/h1-3H,4,10H2. The molecule has 0 aliphatic rings. The van der Waals surface area contributed by atoms with Crippen LogP contribution < -0.4 is 5.73 Å². The minimum Gasteiger partial charge on any atom is -0.326 e. The van der Waals surface area contributed by atoms with E-state index in [1.807, 2.05) is 0 Å². The number of aliphatic imine (C=N–C) groups is 1. The summed E-state index contributed by atoms with van der Waals surface area (Å²) in [6.07, 6.45) is 1.42. The number of carbonyl (C=O) groups excluding carboxylic acids is 1. The van der Waals surface area contributed by atoms with Gasteiger partial charge in [-0.2, -0.15) is 4.99 Å². The highest BCUT2D eigenvalue weighted by Crippen LogP contribution is 2.24. The molecule has 1 rings (SSSR count). The zero-order valence-electron chi connectivity index (χ0n) is 6.25. The molecule has 62 valence electrons. The Morgan fingerprint density at radius 2 is 2.33 bits per heavy atom. The number of benzene rings is 1. The largest absolute Gasteiger partial charge is 0.326 e. The number of rotatable bonds is 2. The Kier molecular flexibility index (Phi) is 3.00. The van der Waals surface area contributed by atoms with Crippen molar-refractivity contribution in [1.29, 1.82) is 0 Å². The fourth-order valence-electron chi connectivity index (χ4n) is 0.817. The molecule has 0 aliphatic carbocycles. The van der Waals surface area contributed by atoms with Crippen LogP contribution in [-0.4, -0.2) is 6.08 Å². The summed E-state index contributed by atoms with van der Waals surface area (Å²) >= 11 is 5.76. The van der Waals surface area contributed by atoms with Crippen molar-refractivity contribution in [3.8, 4) is 0 Å². The van der Waals surface area contributed by atoms with Crippen molar-refractivity contribution in [3.63, 3.8) is 0 Å². The quantitative estimate of drug-likeness (QED) is 0.560. The van der Waals surface area contributed by atoms with E-state index in [4.69, 9.17) is 17.3 Å². The molecule has 0 saturated heterocycles. The average Bonchev–Trinajstić information content (AvgIpc) is 2.09. The molecule has 0 atom stereocenters. The van der Waals surface area contributed by atoms with Crippen LogP contribution in [0, 0.1) is 0 Å². The third kappa shape index (κ3) is 1.92. The molecule has 0 bridgehead atoms. The maximum absolute atomic E-state index is 9.91. The van der Waals surface area contributed by atoms with E-state index in [0.29, 0.717) is 17.3 Å². The van der Waals surface area contributed by atoms with Crippen molar-refractivity contribution in [2.75, 3.05) is 0 Å². The highest BCUT2D eigenvalue weighted by Gasteiger charge is 1.98. The second-order valence-electron chi connectivity index (χ2n) is 2.19. The Morgan fingerprint density at radius 3 is 2.83 bits per heavy atom. The molecule has 1 aromatic carbocycles. The number of halogens is 1. The van der Waals surface area contributed by atoms with Gasteiger partial charge in [0.05, 0.1) is 10.7 Å². The SMILES string of the molecule is NCc1ccc(N=C=O)c(Cl)c1.